The van der Waals surface area contributed by atoms with E-state index in [4.69, 9.17) is 10.5 Å². The number of nitrogens with zero attached hydrogens (tertiary/aromatic N) is 4. The first-order valence-corrected chi connectivity index (χ1v) is 15.6. The Kier molecular flexibility index (Phi) is 9.05. The number of alkyl halides is 1. The second-order valence-corrected chi connectivity index (χ2v) is 12.3. The van der Waals surface area contributed by atoms with Crippen molar-refractivity contribution in [1.29, 1.82) is 0 Å². The second kappa shape index (κ2) is 13.3. The van der Waals surface area contributed by atoms with Gasteiger partial charge in [-0.3, -0.25) is 14.2 Å². The number of rotatable bonds is 6. The average Bonchev–Trinajstić information content (AvgIpc) is 3.09. The number of carbonyl (C=O) groups excluding carboxylic acids is 1. The molecule has 0 bridgehead atoms. The van der Waals surface area contributed by atoms with Crippen LogP contribution in [0.1, 0.15) is 49.3 Å². The zero-order chi connectivity index (χ0) is 33.0. The molecular formula is C36H35F2N5O4. The van der Waals surface area contributed by atoms with Crippen LogP contribution in [0.5, 0.6) is 11.6 Å². The molecule has 1 saturated heterocycles. The Balaban J connectivity index is 1.12. The van der Waals surface area contributed by atoms with Crippen LogP contribution >= 0.6 is 0 Å². The van der Waals surface area contributed by atoms with Crippen LogP contribution < -0.4 is 16.0 Å². The van der Waals surface area contributed by atoms with Crippen LogP contribution in [0.15, 0.2) is 90.1 Å². The van der Waals surface area contributed by atoms with Gasteiger partial charge < -0.3 is 20.5 Å². The fourth-order valence-corrected chi connectivity index (χ4v) is 6.40. The van der Waals surface area contributed by atoms with Gasteiger partial charge in [0.25, 0.3) is 5.56 Å². The summed E-state index contributed by atoms with van der Waals surface area (Å²) in [5.74, 6) is 4.50. The molecule has 242 valence electrons. The molecule has 9 nitrogen and oxygen atoms in total. The molecule has 6 rings (SSSR count). The molecule has 1 aliphatic heterocycles. The molecular weight excluding hydrogens is 604 g/mol. The van der Waals surface area contributed by atoms with Crippen molar-refractivity contribution < 1.29 is 23.4 Å². The van der Waals surface area contributed by atoms with E-state index in [2.05, 4.69) is 21.8 Å². The summed E-state index contributed by atoms with van der Waals surface area (Å²) in [6.07, 6.45) is 3.86. The van der Waals surface area contributed by atoms with Gasteiger partial charge in [-0.1, -0.05) is 42.3 Å². The van der Waals surface area contributed by atoms with Crippen LogP contribution in [0.2, 0.25) is 0 Å². The molecule has 0 spiro atoms. The molecule has 3 heterocycles. The summed E-state index contributed by atoms with van der Waals surface area (Å²) in [6, 6.07) is 20.0. The molecule has 4 aromatic rings. The molecule has 2 aromatic carbocycles. The van der Waals surface area contributed by atoms with Crippen LogP contribution in [-0.4, -0.2) is 54.8 Å². The Morgan fingerprint density at radius 3 is 2.45 bits per heavy atom. The Morgan fingerprint density at radius 1 is 1.02 bits per heavy atom. The molecule has 11 heteroatoms. The minimum Gasteiger partial charge on any atom is -0.437 e. The van der Waals surface area contributed by atoms with Gasteiger partial charge in [-0.2, -0.15) is 0 Å². The second-order valence-electron chi connectivity index (χ2n) is 12.3. The summed E-state index contributed by atoms with van der Waals surface area (Å²) in [5, 5.41) is 11.4. The smallest absolute Gasteiger partial charge is 0.280 e. The van der Waals surface area contributed by atoms with E-state index in [1.807, 2.05) is 30.3 Å². The predicted octanol–water partition coefficient (Wildman–Crippen LogP) is 4.85. The molecule has 2 aromatic heterocycles. The highest BCUT2D eigenvalue weighted by Gasteiger charge is 2.46. The summed E-state index contributed by atoms with van der Waals surface area (Å²) in [6.45, 7) is 0.477. The van der Waals surface area contributed by atoms with E-state index < -0.39 is 28.6 Å². The highest BCUT2D eigenvalue weighted by molar-refractivity contribution is 5.80. The van der Waals surface area contributed by atoms with Crippen molar-refractivity contribution in [2.24, 2.45) is 5.92 Å². The van der Waals surface area contributed by atoms with E-state index in [1.165, 1.54) is 35.2 Å². The molecule has 0 unspecified atom stereocenters. The van der Waals surface area contributed by atoms with Crippen molar-refractivity contribution >= 4 is 11.6 Å². The first-order valence-electron chi connectivity index (χ1n) is 15.6. The fourth-order valence-electron chi connectivity index (χ4n) is 6.40. The number of hydrogen-bond acceptors (Lipinski definition) is 7. The van der Waals surface area contributed by atoms with Crippen molar-refractivity contribution in [1.82, 2.24) is 19.4 Å². The number of ether oxygens (including phenoxy) is 1. The first-order chi connectivity index (χ1) is 22.6. The third-order valence-electron chi connectivity index (χ3n) is 9.04. The summed E-state index contributed by atoms with van der Waals surface area (Å²) in [5.41, 5.74) is 3.52. The Bertz CT molecular complexity index is 1830. The van der Waals surface area contributed by atoms with Gasteiger partial charge in [0.15, 0.2) is 11.4 Å². The van der Waals surface area contributed by atoms with E-state index in [-0.39, 0.29) is 74.5 Å². The highest BCUT2D eigenvalue weighted by Crippen LogP contribution is 2.45. The van der Waals surface area contributed by atoms with Crippen molar-refractivity contribution in [2.75, 3.05) is 18.8 Å². The molecule has 1 aliphatic carbocycles. The molecule has 2 fully saturated rings. The van der Waals surface area contributed by atoms with E-state index in [9.17, 15) is 19.1 Å². The van der Waals surface area contributed by atoms with E-state index in [1.54, 1.807) is 29.3 Å². The molecule has 3 atom stereocenters. The molecule has 3 N–H and O–H groups in total. The Morgan fingerprint density at radius 2 is 1.74 bits per heavy atom. The number of amides is 1. The first kappa shape index (κ1) is 31.9. The fraction of sp³-hybridized carbons (Fsp3) is 0.333. The molecule has 2 aliphatic rings. The number of anilines is 1. The Labute approximate surface area is 271 Å². The molecule has 0 radical (unpaired) electrons. The Hall–Kier alpha value is -5.08. The largest absolute Gasteiger partial charge is 0.437 e. The number of nitrogens with two attached hydrogens (primary N) is 1. The minimum atomic E-state index is -1.76. The highest BCUT2D eigenvalue weighted by atomic mass is 19.1. The van der Waals surface area contributed by atoms with Crippen LogP contribution in [-0.2, 0) is 11.3 Å². The van der Waals surface area contributed by atoms with Gasteiger partial charge in [-0.05, 0) is 79.5 Å². The maximum Gasteiger partial charge on any atom is 0.280 e. The predicted molar refractivity (Wildman–Crippen MR) is 172 cm³/mol. The van der Waals surface area contributed by atoms with Gasteiger partial charge in [0.1, 0.15) is 23.6 Å². The van der Waals surface area contributed by atoms with Gasteiger partial charge in [-0.15, -0.1) is 0 Å². The standard InChI is InChI=1S/C36H35F2N5O4/c37-26-9-11-28(12-10-26)47-32-31(39)34(45)43(24-41-32)23-36(46)17-20-42(21-18-36)33(44)29-14-16-35(38,15-13-27-8-4-5-19-40-27)22-30(29)25-6-2-1-3-7-25/h1-12,19,24,29-30,46H,14,16-18,20-23,39H2/t29-,30+,35-/m1/s1. The number of aromatic nitrogens is 3. The number of aliphatic hydroxyl groups is 1. The summed E-state index contributed by atoms with van der Waals surface area (Å²) >= 11 is 0. The van der Waals surface area contributed by atoms with Crippen molar-refractivity contribution in [3.63, 3.8) is 0 Å². The number of pyridine rings is 1. The van der Waals surface area contributed by atoms with Crippen molar-refractivity contribution in [3.05, 3.63) is 113 Å². The third-order valence-corrected chi connectivity index (χ3v) is 9.04. The normalized spacial score (nSPS) is 22.1. The van der Waals surface area contributed by atoms with Crippen molar-refractivity contribution in [2.45, 2.75) is 55.8 Å². The maximum atomic E-state index is 16.2. The van der Waals surface area contributed by atoms with E-state index in [0.717, 1.165) is 5.56 Å². The van der Waals surface area contributed by atoms with Crippen LogP contribution in [0, 0.1) is 23.6 Å². The van der Waals surface area contributed by atoms with Crippen LogP contribution in [0.25, 0.3) is 0 Å². The van der Waals surface area contributed by atoms with Gasteiger partial charge in [0.05, 0.1) is 12.1 Å². The average molecular weight is 640 g/mol. The minimum absolute atomic E-state index is 0.0721. The zero-order valence-electron chi connectivity index (χ0n) is 25.7. The third kappa shape index (κ3) is 7.34. The number of carbonyl (C=O) groups is 1. The number of likely N-dealkylation sites (tertiary alicyclic amines) is 1. The number of hydrogen-bond donors (Lipinski definition) is 2. The molecule has 47 heavy (non-hydrogen) atoms. The quantitative estimate of drug-likeness (QED) is 0.289. The van der Waals surface area contributed by atoms with Crippen LogP contribution in [0.3, 0.4) is 0 Å². The lowest BCUT2D eigenvalue weighted by Gasteiger charge is -2.43. The van der Waals surface area contributed by atoms with Gasteiger partial charge in [0, 0.05) is 31.6 Å². The number of benzene rings is 2. The number of halogens is 2. The summed E-state index contributed by atoms with van der Waals surface area (Å²) in [4.78, 5) is 37.0. The van der Waals surface area contributed by atoms with E-state index >= 15 is 4.39 Å². The summed E-state index contributed by atoms with van der Waals surface area (Å²) < 4.78 is 36.2. The van der Waals surface area contributed by atoms with Crippen molar-refractivity contribution in [3.8, 4) is 23.5 Å². The van der Waals surface area contributed by atoms with Gasteiger partial charge in [0.2, 0.25) is 11.8 Å². The lowest BCUT2D eigenvalue weighted by Crippen LogP contribution is -2.52. The van der Waals surface area contributed by atoms with Gasteiger partial charge in [-0.25, -0.2) is 18.7 Å². The zero-order valence-corrected chi connectivity index (χ0v) is 25.7. The van der Waals surface area contributed by atoms with Crippen LogP contribution in [0.4, 0.5) is 14.5 Å². The molecule has 1 amide bonds. The lowest BCUT2D eigenvalue weighted by atomic mass is 9.69. The van der Waals surface area contributed by atoms with E-state index in [0.29, 0.717) is 12.1 Å². The SMILES string of the molecule is Nc1c(Oc2ccc(F)cc2)ncn(CC2(O)CCN(C(=O)[C@@H]3CC[C@](F)(C#Cc4ccccn4)C[C@H]3c3ccccc3)CC2)c1=O. The van der Waals surface area contributed by atoms with Gasteiger partial charge >= 0.3 is 0 Å². The number of nitrogen functional groups attached to an aromatic ring is 1. The maximum absolute atomic E-state index is 16.2. The topological polar surface area (TPSA) is 124 Å². The number of piperidine rings is 1. The molecule has 1 saturated carbocycles. The monoisotopic (exact) mass is 639 g/mol. The lowest BCUT2D eigenvalue weighted by molar-refractivity contribution is -0.142. The summed E-state index contributed by atoms with van der Waals surface area (Å²) in [7, 11) is 0.